The molecule has 0 aromatic rings. The molecule has 0 amide bonds. The number of rotatable bonds is 3. The molecule has 102 valence electrons. The first-order valence-electron chi connectivity index (χ1n) is 8.21. The highest BCUT2D eigenvalue weighted by atomic mass is 16.5. The molecule has 5 aliphatic rings. The zero-order valence-electron chi connectivity index (χ0n) is 11.4. The minimum absolute atomic E-state index is 0.559. The van der Waals surface area contributed by atoms with Crippen molar-refractivity contribution >= 4 is 0 Å². The summed E-state index contributed by atoms with van der Waals surface area (Å²) in [5, 5.41) is 3.42. The van der Waals surface area contributed by atoms with E-state index in [1.54, 1.807) is 6.42 Å². The van der Waals surface area contributed by atoms with E-state index < -0.39 is 0 Å². The van der Waals surface area contributed by atoms with Crippen molar-refractivity contribution in [2.75, 3.05) is 19.7 Å². The standard InChI is InChI=1S/C16H27NO/c1-3-17-4-2-15(1)18-10-16-13-6-11-5-12(8-13)9-14(16)7-11/h11-17H,1-10H2. The second-order valence-electron chi connectivity index (χ2n) is 7.38. The number of nitrogens with one attached hydrogen (secondary N) is 1. The van der Waals surface area contributed by atoms with Gasteiger partial charge in [0.15, 0.2) is 0 Å². The fourth-order valence-electron chi connectivity index (χ4n) is 5.52. The van der Waals surface area contributed by atoms with Crippen molar-refractivity contribution in [1.29, 1.82) is 0 Å². The van der Waals surface area contributed by atoms with Crippen LogP contribution in [0.4, 0.5) is 0 Å². The average molecular weight is 249 g/mol. The van der Waals surface area contributed by atoms with E-state index in [0.717, 1.165) is 49.3 Å². The van der Waals surface area contributed by atoms with E-state index in [1.165, 1.54) is 38.5 Å². The van der Waals surface area contributed by atoms with Crippen LogP contribution in [0.15, 0.2) is 0 Å². The molecule has 2 nitrogen and oxygen atoms in total. The molecular formula is C16H27NO. The van der Waals surface area contributed by atoms with Gasteiger partial charge in [0.25, 0.3) is 0 Å². The SMILES string of the molecule is C1CC(OCC2C3CC4CC(C3)CC2C4)CCN1. The molecular weight excluding hydrogens is 222 g/mol. The van der Waals surface area contributed by atoms with Crippen molar-refractivity contribution in [3.05, 3.63) is 0 Å². The fraction of sp³-hybridized carbons (Fsp3) is 1.00. The zero-order chi connectivity index (χ0) is 11.9. The molecule has 0 radical (unpaired) electrons. The van der Waals surface area contributed by atoms with Crippen LogP contribution in [-0.4, -0.2) is 25.8 Å². The Bertz CT molecular complexity index is 269. The minimum Gasteiger partial charge on any atom is -0.378 e. The van der Waals surface area contributed by atoms with Crippen LogP contribution in [0.1, 0.15) is 44.9 Å². The highest BCUT2D eigenvalue weighted by Gasteiger charge is 2.48. The lowest BCUT2D eigenvalue weighted by molar-refractivity contribution is -0.0896. The predicted molar refractivity (Wildman–Crippen MR) is 72.4 cm³/mol. The normalized spacial score (nSPS) is 47.7. The molecule has 1 saturated heterocycles. The summed E-state index contributed by atoms with van der Waals surface area (Å²) in [7, 11) is 0. The van der Waals surface area contributed by atoms with E-state index in [1.807, 2.05) is 0 Å². The number of ether oxygens (including phenoxy) is 1. The number of piperidine rings is 1. The van der Waals surface area contributed by atoms with Gasteiger partial charge in [-0.3, -0.25) is 0 Å². The average Bonchev–Trinajstić information content (AvgIpc) is 2.38. The summed E-state index contributed by atoms with van der Waals surface area (Å²) in [5.74, 6) is 5.18. The van der Waals surface area contributed by atoms with Crippen LogP contribution in [-0.2, 0) is 4.74 Å². The van der Waals surface area contributed by atoms with Gasteiger partial charge < -0.3 is 10.1 Å². The van der Waals surface area contributed by atoms with E-state index in [0.29, 0.717) is 6.10 Å². The van der Waals surface area contributed by atoms with Crippen molar-refractivity contribution in [3.63, 3.8) is 0 Å². The second-order valence-corrected chi connectivity index (χ2v) is 7.38. The molecule has 0 unspecified atom stereocenters. The van der Waals surface area contributed by atoms with Gasteiger partial charge >= 0.3 is 0 Å². The second kappa shape index (κ2) is 4.79. The third-order valence-electron chi connectivity index (χ3n) is 6.23. The van der Waals surface area contributed by atoms with Crippen molar-refractivity contribution < 1.29 is 4.74 Å². The highest BCUT2D eigenvalue weighted by molar-refractivity contribution is 4.98. The Balaban J connectivity index is 1.34. The summed E-state index contributed by atoms with van der Waals surface area (Å²) >= 11 is 0. The van der Waals surface area contributed by atoms with Crippen LogP contribution in [0.2, 0.25) is 0 Å². The third kappa shape index (κ3) is 2.12. The first-order valence-corrected chi connectivity index (χ1v) is 8.21. The lowest BCUT2D eigenvalue weighted by atomic mass is 9.52. The summed E-state index contributed by atoms with van der Waals surface area (Å²) in [6.45, 7) is 3.40. The smallest absolute Gasteiger partial charge is 0.0599 e. The molecule has 1 N–H and O–H groups in total. The topological polar surface area (TPSA) is 21.3 Å². The van der Waals surface area contributed by atoms with Crippen LogP contribution < -0.4 is 5.32 Å². The molecule has 4 bridgehead atoms. The largest absolute Gasteiger partial charge is 0.378 e. The Kier molecular flexibility index (Phi) is 3.12. The Morgan fingerprint density at radius 3 is 2.06 bits per heavy atom. The first kappa shape index (κ1) is 11.7. The van der Waals surface area contributed by atoms with Crippen LogP contribution >= 0.6 is 0 Å². The maximum atomic E-state index is 6.27. The first-order chi connectivity index (χ1) is 8.88. The van der Waals surface area contributed by atoms with Crippen LogP contribution in [0.25, 0.3) is 0 Å². The maximum absolute atomic E-state index is 6.27. The van der Waals surface area contributed by atoms with Gasteiger partial charge in [-0.15, -0.1) is 0 Å². The molecule has 0 atom stereocenters. The van der Waals surface area contributed by atoms with Crippen molar-refractivity contribution in [2.45, 2.75) is 51.0 Å². The number of hydrogen-bond acceptors (Lipinski definition) is 2. The van der Waals surface area contributed by atoms with Gasteiger partial charge in [0.2, 0.25) is 0 Å². The molecule has 1 heterocycles. The summed E-state index contributed by atoms with van der Waals surface area (Å²) in [4.78, 5) is 0. The van der Waals surface area contributed by atoms with Gasteiger partial charge in [0, 0.05) is 0 Å². The maximum Gasteiger partial charge on any atom is 0.0599 e. The van der Waals surface area contributed by atoms with E-state index in [2.05, 4.69) is 5.32 Å². The van der Waals surface area contributed by atoms with Crippen LogP contribution in [0, 0.1) is 29.6 Å². The summed E-state index contributed by atoms with van der Waals surface area (Å²) in [6.07, 6.45) is 10.7. The highest BCUT2D eigenvalue weighted by Crippen LogP contribution is 2.56. The fourth-order valence-corrected chi connectivity index (χ4v) is 5.52. The monoisotopic (exact) mass is 249 g/mol. The van der Waals surface area contributed by atoms with Crippen molar-refractivity contribution in [1.82, 2.24) is 5.32 Å². The molecule has 4 aliphatic carbocycles. The Morgan fingerprint density at radius 2 is 1.44 bits per heavy atom. The van der Waals surface area contributed by atoms with E-state index >= 15 is 0 Å². The lowest BCUT2D eigenvalue weighted by Crippen LogP contribution is -2.47. The van der Waals surface area contributed by atoms with E-state index in [-0.39, 0.29) is 0 Å². The van der Waals surface area contributed by atoms with Crippen LogP contribution in [0.5, 0.6) is 0 Å². The van der Waals surface area contributed by atoms with Crippen molar-refractivity contribution in [2.24, 2.45) is 29.6 Å². The quantitative estimate of drug-likeness (QED) is 0.830. The molecule has 18 heavy (non-hydrogen) atoms. The van der Waals surface area contributed by atoms with Gasteiger partial charge in [0.05, 0.1) is 12.7 Å². The Morgan fingerprint density at radius 1 is 0.833 bits per heavy atom. The molecule has 5 rings (SSSR count). The molecule has 1 aliphatic heterocycles. The molecule has 0 aromatic heterocycles. The van der Waals surface area contributed by atoms with E-state index in [9.17, 15) is 0 Å². The minimum atomic E-state index is 0.559. The third-order valence-corrected chi connectivity index (χ3v) is 6.23. The lowest BCUT2D eigenvalue weighted by Gasteiger charge is -2.54. The summed E-state index contributed by atoms with van der Waals surface area (Å²) < 4.78 is 6.27. The molecule has 0 aromatic carbocycles. The Hall–Kier alpha value is -0.0800. The molecule has 2 heteroatoms. The van der Waals surface area contributed by atoms with Crippen molar-refractivity contribution in [3.8, 4) is 0 Å². The van der Waals surface area contributed by atoms with Gasteiger partial charge in [0.1, 0.15) is 0 Å². The van der Waals surface area contributed by atoms with Gasteiger partial charge in [-0.05, 0) is 87.6 Å². The van der Waals surface area contributed by atoms with Gasteiger partial charge in [-0.25, -0.2) is 0 Å². The number of hydrogen-bond donors (Lipinski definition) is 1. The van der Waals surface area contributed by atoms with Gasteiger partial charge in [-0.2, -0.15) is 0 Å². The zero-order valence-corrected chi connectivity index (χ0v) is 11.4. The van der Waals surface area contributed by atoms with Crippen LogP contribution in [0.3, 0.4) is 0 Å². The summed E-state index contributed by atoms with van der Waals surface area (Å²) in [5.41, 5.74) is 0. The summed E-state index contributed by atoms with van der Waals surface area (Å²) in [6, 6.07) is 0. The Labute approximate surface area is 111 Å². The molecule has 0 spiro atoms. The molecule has 5 fully saturated rings. The van der Waals surface area contributed by atoms with E-state index in [4.69, 9.17) is 4.74 Å². The molecule has 4 saturated carbocycles. The van der Waals surface area contributed by atoms with Gasteiger partial charge in [-0.1, -0.05) is 0 Å². The predicted octanol–water partition coefficient (Wildman–Crippen LogP) is 2.83.